The van der Waals surface area contributed by atoms with Crippen LogP contribution in [0.25, 0.3) is 0 Å². The van der Waals surface area contributed by atoms with E-state index in [1.54, 1.807) is 30.3 Å². The maximum absolute atomic E-state index is 13.0. The summed E-state index contributed by atoms with van der Waals surface area (Å²) >= 11 is 12.5. The summed E-state index contributed by atoms with van der Waals surface area (Å²) in [5.41, 5.74) is 2.49. The second-order valence-electron chi connectivity index (χ2n) is 10.7. The van der Waals surface area contributed by atoms with Crippen LogP contribution in [0.4, 0.5) is 29.2 Å². The van der Waals surface area contributed by atoms with Gasteiger partial charge in [-0.3, -0.25) is 4.79 Å². The Morgan fingerprint density at radius 2 is 1.82 bits per heavy atom. The normalized spacial score (nSPS) is 15.3. The molecule has 1 atom stereocenters. The largest absolute Gasteiger partial charge is 0.350 e. The topological polar surface area (TPSA) is 107 Å². The molecule has 4 rings (SSSR count). The average molecular weight is 558 g/mol. The van der Waals surface area contributed by atoms with Crippen LogP contribution >= 0.6 is 23.2 Å². The molecule has 11 heteroatoms. The molecule has 3 aromatic rings. The van der Waals surface area contributed by atoms with E-state index in [-0.39, 0.29) is 17.4 Å². The summed E-state index contributed by atoms with van der Waals surface area (Å²) in [5.74, 6) is 1.12. The maximum atomic E-state index is 13.0. The molecule has 38 heavy (non-hydrogen) atoms. The number of hydrogen-bond acceptors (Lipinski definition) is 8. The lowest BCUT2D eigenvalue weighted by atomic mass is 9.96. The molecule has 1 fully saturated rings. The Kier molecular flexibility index (Phi) is 8.60. The molecule has 0 aliphatic carbocycles. The molecule has 0 spiro atoms. The lowest BCUT2D eigenvalue weighted by Gasteiger charge is -2.27. The third-order valence-corrected chi connectivity index (χ3v) is 6.65. The molecule has 0 radical (unpaired) electrons. The molecule has 4 N–H and O–H groups in total. The zero-order chi connectivity index (χ0) is 27.4. The first-order chi connectivity index (χ1) is 18.0. The van der Waals surface area contributed by atoms with E-state index >= 15 is 0 Å². The third-order valence-electron chi connectivity index (χ3n) is 6.02. The van der Waals surface area contributed by atoms with Crippen molar-refractivity contribution in [1.82, 2.24) is 20.3 Å². The summed E-state index contributed by atoms with van der Waals surface area (Å²) in [6, 6.07) is 10.7. The van der Waals surface area contributed by atoms with Gasteiger partial charge in [-0.2, -0.15) is 15.0 Å². The van der Waals surface area contributed by atoms with Crippen molar-refractivity contribution in [3.05, 3.63) is 57.6 Å². The van der Waals surface area contributed by atoms with Gasteiger partial charge >= 0.3 is 0 Å². The Hall–Kier alpha value is -3.14. The molecule has 2 aromatic carbocycles. The van der Waals surface area contributed by atoms with Crippen molar-refractivity contribution in [2.75, 3.05) is 47.5 Å². The van der Waals surface area contributed by atoms with E-state index in [4.69, 9.17) is 28.2 Å². The van der Waals surface area contributed by atoms with Gasteiger partial charge in [-0.15, -0.1) is 0 Å². The molecule has 2 heterocycles. The van der Waals surface area contributed by atoms with E-state index in [0.29, 0.717) is 44.8 Å². The van der Waals surface area contributed by atoms with Crippen LogP contribution in [0, 0.1) is 12.3 Å². The predicted octanol–water partition coefficient (Wildman–Crippen LogP) is 5.74. The number of halogens is 2. The van der Waals surface area contributed by atoms with Crippen molar-refractivity contribution in [3.8, 4) is 0 Å². The standard InChI is InChI=1S/C27H34Cl2N8O/c1-16-9-10-17(23(38)33-22-19(28)7-6-8-20(22)29)13-21(16)32-25-34-24(31-18-11-12-30-14-18)35-26(36-25)37(5)15-27(2,3)4/h6-10,13,18,30H,11-12,14-15H2,1-5H3,(H,33,38)(H2,31,32,34,35,36)/t18-/m1/s1. The number of benzene rings is 2. The van der Waals surface area contributed by atoms with Crippen molar-refractivity contribution >= 4 is 58.3 Å². The highest BCUT2D eigenvalue weighted by molar-refractivity contribution is 6.40. The van der Waals surface area contributed by atoms with E-state index in [1.165, 1.54) is 0 Å². The first-order valence-electron chi connectivity index (χ1n) is 12.6. The van der Waals surface area contributed by atoms with Crippen LogP contribution in [0.2, 0.25) is 10.0 Å². The summed E-state index contributed by atoms with van der Waals surface area (Å²) in [4.78, 5) is 29.1. The first kappa shape index (κ1) is 27.9. The molecule has 202 valence electrons. The molecule has 0 unspecified atom stereocenters. The molecule has 9 nitrogen and oxygen atoms in total. The molecule has 1 saturated heterocycles. The smallest absolute Gasteiger partial charge is 0.255 e. The van der Waals surface area contributed by atoms with E-state index in [1.807, 2.05) is 24.9 Å². The second-order valence-corrected chi connectivity index (χ2v) is 11.6. The third kappa shape index (κ3) is 7.24. The van der Waals surface area contributed by atoms with Crippen molar-refractivity contribution in [1.29, 1.82) is 0 Å². The highest BCUT2D eigenvalue weighted by Gasteiger charge is 2.21. The molecular weight excluding hydrogens is 523 g/mol. The number of anilines is 5. The van der Waals surface area contributed by atoms with E-state index < -0.39 is 0 Å². The van der Waals surface area contributed by atoms with Gasteiger partial charge in [-0.1, -0.05) is 56.1 Å². The van der Waals surface area contributed by atoms with Gasteiger partial charge in [0.05, 0.1) is 15.7 Å². The van der Waals surface area contributed by atoms with Crippen molar-refractivity contribution in [2.45, 2.75) is 40.2 Å². The summed E-state index contributed by atoms with van der Waals surface area (Å²) in [7, 11) is 1.97. The molecule has 1 aromatic heterocycles. The molecule has 0 saturated carbocycles. The van der Waals surface area contributed by atoms with Crippen molar-refractivity contribution < 1.29 is 4.79 Å². The maximum Gasteiger partial charge on any atom is 0.255 e. The number of nitrogens with one attached hydrogen (secondary N) is 4. The van der Waals surface area contributed by atoms with Gasteiger partial charge in [0.2, 0.25) is 17.8 Å². The summed E-state index contributed by atoms with van der Waals surface area (Å²) in [6.07, 6.45) is 0.993. The predicted molar refractivity (Wildman–Crippen MR) is 156 cm³/mol. The van der Waals surface area contributed by atoms with Crippen LogP contribution in [0.15, 0.2) is 36.4 Å². The van der Waals surface area contributed by atoms with Gasteiger partial charge in [-0.05, 0) is 55.1 Å². The van der Waals surface area contributed by atoms with Crippen LogP contribution in [0.3, 0.4) is 0 Å². The molecule has 1 aliphatic rings. The van der Waals surface area contributed by atoms with Gasteiger partial charge in [-0.25, -0.2) is 0 Å². The lowest BCUT2D eigenvalue weighted by Crippen LogP contribution is -2.31. The highest BCUT2D eigenvalue weighted by atomic mass is 35.5. The molecule has 1 amide bonds. The summed E-state index contributed by atoms with van der Waals surface area (Å²) in [5, 5.41) is 13.6. The Bertz CT molecular complexity index is 1280. The van der Waals surface area contributed by atoms with Crippen LogP contribution in [0.5, 0.6) is 0 Å². The lowest BCUT2D eigenvalue weighted by molar-refractivity contribution is 0.102. The monoisotopic (exact) mass is 556 g/mol. The quantitative estimate of drug-likeness (QED) is 0.278. The Balaban J connectivity index is 1.61. The number of carbonyl (C=O) groups is 1. The average Bonchev–Trinajstić information content (AvgIpc) is 3.34. The summed E-state index contributed by atoms with van der Waals surface area (Å²) in [6.45, 7) is 11.0. The number of aromatic nitrogens is 3. The van der Waals surface area contributed by atoms with Crippen molar-refractivity contribution in [2.24, 2.45) is 5.41 Å². The molecular formula is C27H34Cl2N8O. The van der Waals surface area contributed by atoms with Crippen LogP contribution in [-0.2, 0) is 0 Å². The number of aryl methyl sites for hydroxylation is 1. The van der Waals surface area contributed by atoms with Gasteiger partial charge in [0.25, 0.3) is 5.91 Å². The SMILES string of the molecule is Cc1ccc(C(=O)Nc2c(Cl)cccc2Cl)cc1Nc1nc(N[C@@H]2CCNC2)nc(N(C)CC(C)(C)C)n1. The number of nitrogens with zero attached hydrogens (tertiary/aromatic N) is 4. The minimum atomic E-state index is -0.333. The second kappa shape index (κ2) is 11.7. The van der Waals surface area contributed by atoms with Crippen molar-refractivity contribution in [3.63, 3.8) is 0 Å². The number of carbonyl (C=O) groups excluding carboxylic acids is 1. The first-order valence-corrected chi connectivity index (χ1v) is 13.3. The Morgan fingerprint density at radius 1 is 1.11 bits per heavy atom. The van der Waals surface area contributed by atoms with Gasteiger partial charge in [0, 0.05) is 37.4 Å². The van der Waals surface area contributed by atoms with E-state index in [0.717, 1.165) is 31.6 Å². The number of para-hydroxylation sites is 1. The summed E-state index contributed by atoms with van der Waals surface area (Å²) < 4.78 is 0. The molecule has 1 aliphatic heterocycles. The zero-order valence-corrected chi connectivity index (χ0v) is 23.8. The van der Waals surface area contributed by atoms with Crippen LogP contribution in [0.1, 0.15) is 43.1 Å². The number of hydrogen-bond donors (Lipinski definition) is 4. The zero-order valence-electron chi connectivity index (χ0n) is 22.3. The number of rotatable bonds is 8. The molecule has 0 bridgehead atoms. The van der Waals surface area contributed by atoms with Crippen LogP contribution in [-0.4, -0.2) is 53.6 Å². The fourth-order valence-electron chi connectivity index (χ4n) is 4.22. The fraction of sp³-hybridized carbons (Fsp3) is 0.407. The van der Waals surface area contributed by atoms with Gasteiger partial charge in [0.15, 0.2) is 0 Å². The minimum Gasteiger partial charge on any atom is -0.350 e. The van der Waals surface area contributed by atoms with E-state index in [9.17, 15) is 4.79 Å². The minimum absolute atomic E-state index is 0.0563. The number of amides is 1. The fourth-order valence-corrected chi connectivity index (χ4v) is 4.71. The van der Waals surface area contributed by atoms with Gasteiger partial charge in [0.1, 0.15) is 0 Å². The van der Waals surface area contributed by atoms with Gasteiger partial charge < -0.3 is 26.2 Å². The van der Waals surface area contributed by atoms with E-state index in [2.05, 4.69) is 52.0 Å². The Morgan fingerprint density at radius 3 is 2.47 bits per heavy atom. The Labute approximate surface area is 233 Å². The van der Waals surface area contributed by atoms with Crippen LogP contribution < -0.4 is 26.2 Å². The highest BCUT2D eigenvalue weighted by Crippen LogP contribution is 2.31.